The first-order chi connectivity index (χ1) is 8.40. The van der Waals surface area contributed by atoms with Crippen molar-refractivity contribution in [1.29, 1.82) is 0 Å². The van der Waals surface area contributed by atoms with Gasteiger partial charge in [-0.2, -0.15) is 0 Å². The van der Waals surface area contributed by atoms with Crippen molar-refractivity contribution in [3.05, 3.63) is 10.6 Å². The number of anilines is 1. The quantitative estimate of drug-likeness (QED) is 0.766. The van der Waals surface area contributed by atoms with E-state index in [0.29, 0.717) is 10.0 Å². The monoisotopic (exact) mass is 269 g/mol. The van der Waals surface area contributed by atoms with Crippen LogP contribution in [0.2, 0.25) is 0 Å². The largest absolute Gasteiger partial charge is 0.476 e. The highest BCUT2D eigenvalue weighted by Gasteiger charge is 2.36. The second-order valence-corrected chi connectivity index (χ2v) is 5.12. The van der Waals surface area contributed by atoms with E-state index in [1.165, 1.54) is 7.05 Å². The SMILES string of the molecule is Cc1sc(NC2CC(=O)N(C)C2=O)nc1C(=O)O. The first-order valence-electron chi connectivity index (χ1n) is 5.18. The third-order valence-electron chi connectivity index (χ3n) is 2.68. The third-order valence-corrected chi connectivity index (χ3v) is 3.58. The van der Waals surface area contributed by atoms with Gasteiger partial charge < -0.3 is 10.4 Å². The number of hydrogen-bond donors (Lipinski definition) is 2. The van der Waals surface area contributed by atoms with Crippen molar-refractivity contribution in [3.63, 3.8) is 0 Å². The number of nitrogens with one attached hydrogen (secondary N) is 1. The summed E-state index contributed by atoms with van der Waals surface area (Å²) < 4.78 is 0. The van der Waals surface area contributed by atoms with Gasteiger partial charge in [-0.3, -0.25) is 14.5 Å². The van der Waals surface area contributed by atoms with Crippen molar-refractivity contribution in [2.45, 2.75) is 19.4 Å². The topological polar surface area (TPSA) is 99.6 Å². The molecule has 1 aliphatic heterocycles. The summed E-state index contributed by atoms with van der Waals surface area (Å²) in [5, 5.41) is 12.0. The minimum Gasteiger partial charge on any atom is -0.476 e. The number of likely N-dealkylation sites (tertiary alicyclic amines) is 1. The number of aromatic carboxylic acids is 1. The number of rotatable bonds is 3. The second kappa shape index (κ2) is 4.37. The maximum Gasteiger partial charge on any atom is 0.355 e. The van der Waals surface area contributed by atoms with Gasteiger partial charge in [-0.1, -0.05) is 0 Å². The Balaban J connectivity index is 2.16. The Kier molecular flexibility index (Phi) is 3.04. The van der Waals surface area contributed by atoms with Crippen LogP contribution in [0.3, 0.4) is 0 Å². The average Bonchev–Trinajstić information content (AvgIpc) is 2.76. The summed E-state index contributed by atoms with van der Waals surface area (Å²) in [6, 6.07) is -0.658. The van der Waals surface area contributed by atoms with Gasteiger partial charge in [0.2, 0.25) is 5.91 Å². The fourth-order valence-corrected chi connectivity index (χ4v) is 2.53. The van der Waals surface area contributed by atoms with Crippen LogP contribution in [-0.4, -0.2) is 45.9 Å². The highest BCUT2D eigenvalue weighted by Crippen LogP contribution is 2.24. The summed E-state index contributed by atoms with van der Waals surface area (Å²) in [5.41, 5.74) is -0.0346. The van der Waals surface area contributed by atoms with E-state index in [1.807, 2.05) is 0 Å². The number of hydrogen-bond acceptors (Lipinski definition) is 6. The number of aryl methyl sites for hydroxylation is 1. The maximum atomic E-state index is 11.6. The first kappa shape index (κ1) is 12.5. The first-order valence-corrected chi connectivity index (χ1v) is 5.99. The zero-order valence-electron chi connectivity index (χ0n) is 9.76. The Hall–Kier alpha value is -1.96. The van der Waals surface area contributed by atoms with Crippen molar-refractivity contribution in [2.75, 3.05) is 12.4 Å². The molecule has 1 saturated heterocycles. The van der Waals surface area contributed by atoms with E-state index in [-0.39, 0.29) is 23.9 Å². The van der Waals surface area contributed by atoms with E-state index >= 15 is 0 Å². The normalized spacial score (nSPS) is 19.4. The Morgan fingerprint density at radius 2 is 2.22 bits per heavy atom. The number of imide groups is 1. The lowest BCUT2D eigenvalue weighted by Crippen LogP contribution is -2.31. The van der Waals surface area contributed by atoms with Crippen LogP contribution in [0.4, 0.5) is 5.13 Å². The summed E-state index contributed by atoms with van der Waals surface area (Å²) in [4.78, 5) is 39.3. The molecule has 2 N–H and O–H groups in total. The average molecular weight is 269 g/mol. The number of thiazole rings is 1. The molecule has 18 heavy (non-hydrogen) atoms. The van der Waals surface area contributed by atoms with Gasteiger partial charge in [0.15, 0.2) is 10.8 Å². The maximum absolute atomic E-state index is 11.6. The van der Waals surface area contributed by atoms with E-state index in [2.05, 4.69) is 10.3 Å². The molecule has 1 fully saturated rings. The van der Waals surface area contributed by atoms with Crippen LogP contribution in [0.15, 0.2) is 0 Å². The zero-order chi connectivity index (χ0) is 13.4. The van der Waals surface area contributed by atoms with Crippen LogP contribution < -0.4 is 5.32 Å². The van der Waals surface area contributed by atoms with Gasteiger partial charge in [-0.15, -0.1) is 11.3 Å². The third kappa shape index (κ3) is 2.06. The number of carbonyl (C=O) groups excluding carboxylic acids is 2. The molecule has 0 aliphatic carbocycles. The molecule has 2 rings (SSSR count). The van der Waals surface area contributed by atoms with Gasteiger partial charge in [0.05, 0.1) is 6.42 Å². The van der Waals surface area contributed by atoms with Crippen molar-refractivity contribution < 1.29 is 19.5 Å². The molecule has 2 heterocycles. The van der Waals surface area contributed by atoms with Gasteiger partial charge in [0.1, 0.15) is 6.04 Å². The van der Waals surface area contributed by atoms with Crippen LogP contribution in [-0.2, 0) is 9.59 Å². The van der Waals surface area contributed by atoms with Gasteiger partial charge in [-0.05, 0) is 6.92 Å². The molecule has 0 bridgehead atoms. The van der Waals surface area contributed by atoms with Crippen molar-refractivity contribution in [3.8, 4) is 0 Å². The van der Waals surface area contributed by atoms with E-state index in [9.17, 15) is 14.4 Å². The van der Waals surface area contributed by atoms with Crippen LogP contribution in [0.25, 0.3) is 0 Å². The van der Waals surface area contributed by atoms with Gasteiger partial charge in [0.25, 0.3) is 5.91 Å². The predicted molar refractivity (Wildman–Crippen MR) is 63.6 cm³/mol. The molecule has 1 unspecified atom stereocenters. The number of aromatic nitrogens is 1. The molecule has 7 nitrogen and oxygen atoms in total. The number of carboxylic acid groups (broad SMARTS) is 1. The lowest BCUT2D eigenvalue weighted by Gasteiger charge is -2.09. The molecular weight excluding hydrogens is 258 g/mol. The molecule has 0 spiro atoms. The zero-order valence-corrected chi connectivity index (χ0v) is 10.6. The fraction of sp³-hybridized carbons (Fsp3) is 0.400. The standard InChI is InChI=1S/C10H11N3O4S/c1-4-7(9(16)17)12-10(18-4)11-5-3-6(14)13(2)8(5)15/h5H,3H2,1-2H3,(H,11,12)(H,16,17). The van der Waals surface area contributed by atoms with E-state index in [0.717, 1.165) is 16.2 Å². The summed E-state index contributed by atoms with van der Waals surface area (Å²) in [5.74, 6) is -1.70. The lowest BCUT2D eigenvalue weighted by atomic mass is 10.2. The van der Waals surface area contributed by atoms with Crippen LogP contribution in [0.1, 0.15) is 21.8 Å². The Morgan fingerprint density at radius 1 is 1.56 bits per heavy atom. The molecule has 1 aliphatic rings. The molecule has 0 saturated carbocycles. The van der Waals surface area contributed by atoms with Crippen molar-refractivity contribution in [2.24, 2.45) is 0 Å². The van der Waals surface area contributed by atoms with Crippen LogP contribution in [0, 0.1) is 6.92 Å². The van der Waals surface area contributed by atoms with Crippen molar-refractivity contribution in [1.82, 2.24) is 9.88 Å². The molecule has 1 atom stereocenters. The van der Waals surface area contributed by atoms with E-state index in [4.69, 9.17) is 5.11 Å². The number of amides is 2. The number of carbonyl (C=O) groups is 3. The molecule has 0 radical (unpaired) electrons. The molecule has 0 aromatic carbocycles. The Bertz CT molecular complexity index is 539. The molecular formula is C10H11N3O4S. The van der Waals surface area contributed by atoms with Gasteiger partial charge in [0, 0.05) is 11.9 Å². The van der Waals surface area contributed by atoms with Gasteiger partial charge >= 0.3 is 5.97 Å². The number of carboxylic acids is 1. The summed E-state index contributed by atoms with van der Waals surface area (Å²) in [6.07, 6.45) is 0.0658. The van der Waals surface area contributed by atoms with Crippen LogP contribution in [0.5, 0.6) is 0 Å². The minimum atomic E-state index is -1.11. The Labute approximate surface area is 106 Å². The smallest absolute Gasteiger partial charge is 0.355 e. The van der Waals surface area contributed by atoms with Gasteiger partial charge in [-0.25, -0.2) is 9.78 Å². The highest BCUT2D eigenvalue weighted by atomic mass is 32.1. The molecule has 1 aromatic heterocycles. The minimum absolute atomic E-state index is 0.0346. The van der Waals surface area contributed by atoms with Crippen molar-refractivity contribution >= 4 is 34.3 Å². The molecule has 96 valence electrons. The molecule has 8 heteroatoms. The molecule has 2 amide bonds. The summed E-state index contributed by atoms with van der Waals surface area (Å²) >= 11 is 1.15. The second-order valence-electron chi connectivity index (χ2n) is 3.92. The lowest BCUT2D eigenvalue weighted by molar-refractivity contribution is -0.136. The fourth-order valence-electron chi connectivity index (χ4n) is 1.67. The van der Waals surface area contributed by atoms with E-state index in [1.54, 1.807) is 6.92 Å². The number of nitrogens with zero attached hydrogens (tertiary/aromatic N) is 2. The molecule has 1 aromatic rings. The predicted octanol–water partition coefficient (Wildman–Crippen LogP) is 0.319. The Morgan fingerprint density at radius 3 is 2.67 bits per heavy atom. The summed E-state index contributed by atoms with van der Waals surface area (Å²) in [6.45, 7) is 1.64. The highest BCUT2D eigenvalue weighted by molar-refractivity contribution is 7.15. The van der Waals surface area contributed by atoms with E-state index < -0.39 is 12.0 Å². The summed E-state index contributed by atoms with van der Waals surface area (Å²) in [7, 11) is 1.42. The number of likely N-dealkylation sites (N-methyl/N-ethyl adjacent to an activating group) is 1. The van der Waals surface area contributed by atoms with Crippen LogP contribution >= 0.6 is 11.3 Å².